The number of ether oxygens (including phenoxy) is 4. The molecular formula is C33H40O14. The van der Waals surface area contributed by atoms with Gasteiger partial charge in [-0.2, -0.15) is 0 Å². The highest BCUT2D eigenvalue weighted by Gasteiger charge is 2.46. The highest BCUT2D eigenvalue weighted by atomic mass is 16.6. The van der Waals surface area contributed by atoms with Crippen molar-refractivity contribution in [2.45, 2.75) is 70.4 Å². The van der Waals surface area contributed by atoms with Crippen LogP contribution in [-0.2, 0) is 18.9 Å². The van der Waals surface area contributed by atoms with E-state index in [1.54, 1.807) is 13.8 Å². The maximum absolute atomic E-state index is 12.9. The van der Waals surface area contributed by atoms with Crippen LogP contribution in [0.5, 0.6) is 17.2 Å². The van der Waals surface area contributed by atoms with Crippen LogP contribution in [0.4, 0.5) is 0 Å². The van der Waals surface area contributed by atoms with Gasteiger partial charge in [0, 0.05) is 5.92 Å². The summed E-state index contributed by atoms with van der Waals surface area (Å²) in [5.74, 6) is -6.86. The zero-order valence-corrected chi connectivity index (χ0v) is 26.0. The molecule has 7 unspecified atom stereocenters. The third kappa shape index (κ3) is 8.38. The van der Waals surface area contributed by atoms with Crippen LogP contribution >= 0.6 is 0 Å². The summed E-state index contributed by atoms with van der Waals surface area (Å²) < 4.78 is 21.1. The standard InChI is InChI=1S/C33H40O14/c1-3-44-30(40)19-10-20(12-21(11-19)32(42)47-33(43)22-13-23(35)27(38)24(36)14-22)31(41)45-8-4-5-17-6-7-18(9-17)29-28(39)26(37)16(2)25(15-34)46-29/h10-14,16-18,25-26,28-29,34-39H,3-9,15H2,1-2H3. The number of carbonyl (C=O) groups excluding carboxylic acids is 4. The van der Waals surface area contributed by atoms with Crippen LogP contribution < -0.4 is 0 Å². The van der Waals surface area contributed by atoms with Crippen molar-refractivity contribution < 1.29 is 68.8 Å². The highest BCUT2D eigenvalue weighted by molar-refractivity contribution is 6.05. The Morgan fingerprint density at radius 1 is 0.809 bits per heavy atom. The molecule has 2 aliphatic rings. The Hall–Kier alpha value is -4.24. The summed E-state index contributed by atoms with van der Waals surface area (Å²) in [6, 6.07) is 4.89. The Kier molecular flexibility index (Phi) is 11.8. The fourth-order valence-corrected chi connectivity index (χ4v) is 6.14. The van der Waals surface area contributed by atoms with Gasteiger partial charge in [0.25, 0.3) is 0 Å². The van der Waals surface area contributed by atoms with Crippen molar-refractivity contribution in [2.75, 3.05) is 19.8 Å². The summed E-state index contributed by atoms with van der Waals surface area (Å²) in [5, 5.41) is 59.4. The number of aliphatic hydroxyl groups is 3. The van der Waals surface area contributed by atoms with E-state index in [1.807, 2.05) is 0 Å². The molecule has 4 rings (SSSR count). The summed E-state index contributed by atoms with van der Waals surface area (Å²) in [6.07, 6.45) is 0.427. The van der Waals surface area contributed by atoms with E-state index in [0.29, 0.717) is 12.8 Å². The minimum Gasteiger partial charge on any atom is -0.504 e. The van der Waals surface area contributed by atoms with Gasteiger partial charge in [0.2, 0.25) is 0 Å². The van der Waals surface area contributed by atoms with E-state index in [1.165, 1.54) is 6.07 Å². The molecule has 2 fully saturated rings. The van der Waals surface area contributed by atoms with Crippen LogP contribution in [0, 0.1) is 17.8 Å². The van der Waals surface area contributed by atoms with E-state index in [2.05, 4.69) is 0 Å². The van der Waals surface area contributed by atoms with E-state index < -0.39 is 77.0 Å². The second-order valence-corrected chi connectivity index (χ2v) is 11.9. The molecule has 2 aromatic carbocycles. The SMILES string of the molecule is CCOC(=O)c1cc(C(=O)OCCCC2CCC(C3OC(CO)C(C)C(O)C3O)C2)cc(C(=O)OC(=O)c2cc(O)c(O)c(O)c2)c1. The Labute approximate surface area is 270 Å². The fourth-order valence-electron chi connectivity index (χ4n) is 6.14. The lowest BCUT2D eigenvalue weighted by Crippen LogP contribution is -2.56. The molecule has 1 saturated heterocycles. The first kappa shape index (κ1) is 35.6. The first-order valence-corrected chi connectivity index (χ1v) is 15.5. The summed E-state index contributed by atoms with van der Waals surface area (Å²) in [4.78, 5) is 50.7. The number of aliphatic hydroxyl groups excluding tert-OH is 3. The van der Waals surface area contributed by atoms with Crippen LogP contribution in [0.25, 0.3) is 0 Å². The lowest BCUT2D eigenvalue weighted by Gasteiger charge is -2.43. The zero-order valence-electron chi connectivity index (χ0n) is 26.0. The van der Waals surface area contributed by atoms with Crippen molar-refractivity contribution in [2.24, 2.45) is 17.8 Å². The average Bonchev–Trinajstić information content (AvgIpc) is 3.52. The minimum atomic E-state index is -1.29. The minimum absolute atomic E-state index is 0.00911. The zero-order chi connectivity index (χ0) is 34.4. The van der Waals surface area contributed by atoms with Gasteiger partial charge in [-0.25, -0.2) is 19.2 Å². The van der Waals surface area contributed by atoms with E-state index >= 15 is 0 Å². The topological polar surface area (TPSA) is 227 Å². The number of hydrogen-bond acceptors (Lipinski definition) is 14. The van der Waals surface area contributed by atoms with Gasteiger partial charge in [-0.3, -0.25) is 0 Å². The van der Waals surface area contributed by atoms with Gasteiger partial charge in [0.15, 0.2) is 17.2 Å². The molecular weight excluding hydrogens is 620 g/mol. The molecule has 0 amide bonds. The van der Waals surface area contributed by atoms with Crippen molar-refractivity contribution >= 4 is 23.9 Å². The van der Waals surface area contributed by atoms with E-state index in [0.717, 1.165) is 43.5 Å². The molecule has 1 heterocycles. The second kappa shape index (κ2) is 15.6. The summed E-state index contributed by atoms with van der Waals surface area (Å²) in [6.45, 7) is 3.09. The molecule has 256 valence electrons. The third-order valence-corrected chi connectivity index (χ3v) is 8.77. The number of aromatic hydroxyl groups is 3. The van der Waals surface area contributed by atoms with Crippen LogP contribution in [0.3, 0.4) is 0 Å². The quantitative estimate of drug-likeness (QED) is 0.0669. The van der Waals surface area contributed by atoms with Gasteiger partial charge in [-0.05, 0) is 74.8 Å². The summed E-state index contributed by atoms with van der Waals surface area (Å²) in [7, 11) is 0. The normalized spacial score (nSPS) is 25.6. The monoisotopic (exact) mass is 660 g/mol. The molecule has 14 nitrogen and oxygen atoms in total. The second-order valence-electron chi connectivity index (χ2n) is 11.9. The van der Waals surface area contributed by atoms with Gasteiger partial charge in [0.05, 0.1) is 60.4 Å². The maximum atomic E-state index is 12.9. The first-order chi connectivity index (χ1) is 22.3. The highest BCUT2D eigenvalue weighted by Crippen LogP contribution is 2.41. The van der Waals surface area contributed by atoms with Gasteiger partial charge in [0.1, 0.15) is 6.10 Å². The molecule has 0 radical (unpaired) electrons. The molecule has 0 bridgehead atoms. The molecule has 7 atom stereocenters. The van der Waals surface area contributed by atoms with Gasteiger partial charge in [-0.15, -0.1) is 0 Å². The predicted molar refractivity (Wildman–Crippen MR) is 161 cm³/mol. The maximum Gasteiger partial charge on any atom is 0.346 e. The van der Waals surface area contributed by atoms with Gasteiger partial charge in [-0.1, -0.05) is 13.3 Å². The number of hydrogen-bond donors (Lipinski definition) is 6. The van der Waals surface area contributed by atoms with Crippen LogP contribution in [0.2, 0.25) is 0 Å². The predicted octanol–water partition coefficient (Wildman–Crippen LogP) is 2.45. The molecule has 6 N–H and O–H groups in total. The third-order valence-electron chi connectivity index (χ3n) is 8.77. The van der Waals surface area contributed by atoms with Crippen molar-refractivity contribution in [3.63, 3.8) is 0 Å². The number of esters is 4. The Morgan fingerprint density at radius 2 is 1.36 bits per heavy atom. The number of carbonyl (C=O) groups is 4. The summed E-state index contributed by atoms with van der Waals surface area (Å²) in [5.41, 5.74) is -1.15. The van der Waals surface area contributed by atoms with E-state index in [-0.39, 0.29) is 48.3 Å². The van der Waals surface area contributed by atoms with E-state index in [4.69, 9.17) is 18.9 Å². The van der Waals surface area contributed by atoms with Crippen molar-refractivity contribution in [3.05, 3.63) is 52.6 Å². The molecule has 2 aromatic rings. The number of phenols is 3. The number of rotatable bonds is 11. The van der Waals surface area contributed by atoms with Crippen molar-refractivity contribution in [3.8, 4) is 17.2 Å². The summed E-state index contributed by atoms with van der Waals surface area (Å²) >= 11 is 0. The lowest BCUT2D eigenvalue weighted by molar-refractivity contribution is -0.218. The average molecular weight is 661 g/mol. The number of benzene rings is 2. The van der Waals surface area contributed by atoms with Crippen LogP contribution in [-0.4, -0.2) is 98.8 Å². The van der Waals surface area contributed by atoms with Crippen LogP contribution in [0.1, 0.15) is 87.4 Å². The first-order valence-electron chi connectivity index (χ1n) is 15.5. The Bertz CT molecular complexity index is 1450. The molecule has 0 spiro atoms. The molecule has 47 heavy (non-hydrogen) atoms. The Balaban J connectivity index is 1.35. The molecule has 1 aliphatic heterocycles. The Morgan fingerprint density at radius 3 is 1.94 bits per heavy atom. The van der Waals surface area contributed by atoms with Gasteiger partial charge >= 0.3 is 23.9 Å². The van der Waals surface area contributed by atoms with Crippen molar-refractivity contribution in [1.29, 1.82) is 0 Å². The van der Waals surface area contributed by atoms with Crippen LogP contribution in [0.15, 0.2) is 30.3 Å². The lowest BCUT2D eigenvalue weighted by atomic mass is 9.82. The molecule has 1 aliphatic carbocycles. The number of phenolic OH excluding ortho intramolecular Hbond substituents is 3. The largest absolute Gasteiger partial charge is 0.504 e. The van der Waals surface area contributed by atoms with Gasteiger partial charge < -0.3 is 49.6 Å². The molecule has 1 saturated carbocycles. The smallest absolute Gasteiger partial charge is 0.346 e. The van der Waals surface area contributed by atoms with Crippen molar-refractivity contribution in [1.82, 2.24) is 0 Å². The molecule has 0 aromatic heterocycles. The fraction of sp³-hybridized carbons (Fsp3) is 0.515. The molecule has 14 heteroatoms. The van der Waals surface area contributed by atoms with E-state index in [9.17, 15) is 49.8 Å².